The largest absolute Gasteiger partial charge is 0.342 e. The summed E-state index contributed by atoms with van der Waals surface area (Å²) in [5.74, 6) is 1.11. The first-order valence-electron chi connectivity index (χ1n) is 10.00. The third-order valence-corrected chi connectivity index (χ3v) is 4.90. The molecule has 7 nitrogen and oxygen atoms in total. The van der Waals surface area contributed by atoms with Gasteiger partial charge in [0.05, 0.1) is 0 Å². The van der Waals surface area contributed by atoms with Crippen LogP contribution in [0.2, 0.25) is 0 Å². The zero-order chi connectivity index (χ0) is 21.6. The smallest absolute Gasteiger partial charge is 0.226 e. The minimum atomic E-state index is -0.545. The van der Waals surface area contributed by atoms with Crippen LogP contribution in [0.4, 0.5) is 4.39 Å². The number of nitrogens with one attached hydrogen (secondary N) is 1. The Kier molecular flexibility index (Phi) is 6.16. The summed E-state index contributed by atoms with van der Waals surface area (Å²) in [6.07, 6.45) is 4.72. The molecule has 4 aromatic rings. The van der Waals surface area contributed by atoms with Gasteiger partial charge >= 0.3 is 0 Å². The van der Waals surface area contributed by atoms with Gasteiger partial charge in [-0.05, 0) is 24.1 Å². The Bertz CT molecular complexity index is 1160. The standard InChI is InChI=1S/C23H22FN5O2/c1-29-14-13-25-23(29)21(17-9-5-10-18(24)15-17)26-19(30)11-6-12-20-27-22(28-31-20)16-7-3-2-4-8-16/h2-5,7-10,13-15,21H,6,11-12H2,1H3,(H,26,30)/t21-/m0/s1. The monoisotopic (exact) mass is 419 g/mol. The van der Waals surface area contributed by atoms with E-state index in [1.807, 2.05) is 37.4 Å². The maximum atomic E-state index is 13.8. The molecule has 2 heterocycles. The van der Waals surface area contributed by atoms with Gasteiger partial charge in [-0.2, -0.15) is 4.98 Å². The lowest BCUT2D eigenvalue weighted by molar-refractivity contribution is -0.121. The quantitative estimate of drug-likeness (QED) is 0.469. The summed E-state index contributed by atoms with van der Waals surface area (Å²) < 4.78 is 20.9. The van der Waals surface area contributed by atoms with Crippen LogP contribution < -0.4 is 5.32 Å². The number of amides is 1. The number of carbonyl (C=O) groups is 1. The molecule has 0 aliphatic rings. The molecule has 158 valence electrons. The summed E-state index contributed by atoms with van der Waals surface area (Å²) in [6.45, 7) is 0. The predicted octanol–water partition coefficient (Wildman–Crippen LogP) is 3.84. The molecule has 8 heteroatoms. The molecule has 0 aliphatic heterocycles. The highest BCUT2D eigenvalue weighted by atomic mass is 19.1. The lowest BCUT2D eigenvalue weighted by Gasteiger charge is -2.19. The number of carbonyl (C=O) groups excluding carboxylic acids is 1. The summed E-state index contributed by atoms with van der Waals surface area (Å²) in [7, 11) is 1.83. The van der Waals surface area contributed by atoms with Crippen LogP contribution in [0.3, 0.4) is 0 Å². The Hall–Kier alpha value is -3.81. The minimum absolute atomic E-state index is 0.167. The predicted molar refractivity (Wildman–Crippen MR) is 112 cm³/mol. The van der Waals surface area contributed by atoms with Crippen molar-refractivity contribution in [1.82, 2.24) is 25.0 Å². The van der Waals surface area contributed by atoms with Crippen molar-refractivity contribution in [3.05, 3.63) is 90.1 Å². The molecule has 0 spiro atoms. The summed E-state index contributed by atoms with van der Waals surface area (Å²) in [4.78, 5) is 21.3. The van der Waals surface area contributed by atoms with Crippen LogP contribution in [-0.2, 0) is 18.3 Å². The molecule has 1 N–H and O–H groups in total. The third-order valence-electron chi connectivity index (χ3n) is 4.90. The van der Waals surface area contributed by atoms with Crippen LogP contribution in [0.1, 0.15) is 36.2 Å². The Morgan fingerprint density at radius 2 is 2.03 bits per heavy atom. The van der Waals surface area contributed by atoms with E-state index in [0.717, 1.165) is 5.56 Å². The summed E-state index contributed by atoms with van der Waals surface area (Å²) in [6, 6.07) is 15.2. The van der Waals surface area contributed by atoms with Crippen molar-refractivity contribution < 1.29 is 13.7 Å². The second kappa shape index (κ2) is 9.34. The highest BCUT2D eigenvalue weighted by Crippen LogP contribution is 2.22. The molecule has 0 saturated heterocycles. The number of aryl methyl sites for hydroxylation is 2. The van der Waals surface area contributed by atoms with E-state index in [1.165, 1.54) is 12.1 Å². The van der Waals surface area contributed by atoms with Gasteiger partial charge in [0.25, 0.3) is 0 Å². The van der Waals surface area contributed by atoms with Crippen molar-refractivity contribution in [2.45, 2.75) is 25.3 Å². The van der Waals surface area contributed by atoms with Crippen molar-refractivity contribution in [1.29, 1.82) is 0 Å². The number of halogens is 1. The Morgan fingerprint density at radius 3 is 2.77 bits per heavy atom. The topological polar surface area (TPSA) is 85.8 Å². The van der Waals surface area contributed by atoms with Gasteiger partial charge in [0.15, 0.2) is 0 Å². The van der Waals surface area contributed by atoms with E-state index in [0.29, 0.717) is 35.9 Å². The minimum Gasteiger partial charge on any atom is -0.342 e. The second-order valence-electron chi connectivity index (χ2n) is 7.18. The number of hydrogen-bond acceptors (Lipinski definition) is 5. The fourth-order valence-corrected chi connectivity index (χ4v) is 3.33. The average molecular weight is 419 g/mol. The summed E-state index contributed by atoms with van der Waals surface area (Å²) >= 11 is 0. The summed E-state index contributed by atoms with van der Waals surface area (Å²) in [5, 5.41) is 6.96. The maximum absolute atomic E-state index is 13.8. The van der Waals surface area contributed by atoms with Gasteiger partial charge < -0.3 is 14.4 Å². The van der Waals surface area contributed by atoms with Crippen molar-refractivity contribution in [3.8, 4) is 11.4 Å². The Balaban J connectivity index is 1.37. The Morgan fingerprint density at radius 1 is 1.19 bits per heavy atom. The summed E-state index contributed by atoms with van der Waals surface area (Å²) in [5.41, 5.74) is 1.51. The first kappa shape index (κ1) is 20.5. The average Bonchev–Trinajstić information content (AvgIpc) is 3.42. The first-order chi connectivity index (χ1) is 15.1. The zero-order valence-corrected chi connectivity index (χ0v) is 17.0. The van der Waals surface area contributed by atoms with Crippen molar-refractivity contribution in [2.75, 3.05) is 0 Å². The van der Waals surface area contributed by atoms with E-state index >= 15 is 0 Å². The second-order valence-corrected chi connectivity index (χ2v) is 7.18. The molecule has 2 aromatic heterocycles. The molecule has 4 rings (SSSR count). The van der Waals surface area contributed by atoms with Gasteiger partial charge in [-0.25, -0.2) is 9.37 Å². The number of rotatable bonds is 8. The van der Waals surface area contributed by atoms with E-state index in [9.17, 15) is 9.18 Å². The van der Waals surface area contributed by atoms with Crippen LogP contribution >= 0.6 is 0 Å². The van der Waals surface area contributed by atoms with Crippen LogP contribution in [0.5, 0.6) is 0 Å². The van der Waals surface area contributed by atoms with Crippen LogP contribution in [0.15, 0.2) is 71.5 Å². The molecule has 2 aromatic carbocycles. The molecular weight excluding hydrogens is 397 g/mol. The molecule has 1 amide bonds. The van der Waals surface area contributed by atoms with Crippen molar-refractivity contribution >= 4 is 5.91 Å². The van der Waals surface area contributed by atoms with E-state index in [-0.39, 0.29) is 18.1 Å². The van der Waals surface area contributed by atoms with Gasteiger partial charge in [0.2, 0.25) is 17.6 Å². The van der Waals surface area contributed by atoms with E-state index in [2.05, 4.69) is 20.4 Å². The molecule has 0 aliphatic carbocycles. The molecular formula is C23H22FN5O2. The zero-order valence-electron chi connectivity index (χ0n) is 17.0. The van der Waals surface area contributed by atoms with Gasteiger partial charge in [-0.15, -0.1) is 0 Å². The molecule has 0 bridgehead atoms. The van der Waals surface area contributed by atoms with E-state index in [1.54, 1.807) is 29.1 Å². The number of benzene rings is 2. The molecule has 0 unspecified atom stereocenters. The SMILES string of the molecule is Cn1ccnc1[C@@H](NC(=O)CCCc1nc(-c2ccccc2)no1)c1cccc(F)c1. The lowest BCUT2D eigenvalue weighted by Crippen LogP contribution is -2.31. The molecule has 0 saturated carbocycles. The van der Waals surface area contributed by atoms with E-state index in [4.69, 9.17) is 4.52 Å². The number of imidazole rings is 1. The molecule has 0 fully saturated rings. The normalized spacial score (nSPS) is 11.9. The van der Waals surface area contributed by atoms with Crippen LogP contribution in [0.25, 0.3) is 11.4 Å². The number of nitrogens with zero attached hydrogens (tertiary/aromatic N) is 4. The van der Waals surface area contributed by atoms with Crippen molar-refractivity contribution in [3.63, 3.8) is 0 Å². The van der Waals surface area contributed by atoms with E-state index < -0.39 is 6.04 Å². The first-order valence-corrected chi connectivity index (χ1v) is 10.00. The fourth-order valence-electron chi connectivity index (χ4n) is 3.33. The Labute approximate surface area is 178 Å². The molecule has 1 atom stereocenters. The number of aromatic nitrogens is 4. The molecule has 0 radical (unpaired) electrons. The number of hydrogen-bond donors (Lipinski definition) is 1. The van der Waals surface area contributed by atoms with Crippen LogP contribution in [-0.4, -0.2) is 25.6 Å². The molecule has 31 heavy (non-hydrogen) atoms. The van der Waals surface area contributed by atoms with Gasteiger partial charge in [0.1, 0.15) is 17.7 Å². The van der Waals surface area contributed by atoms with Crippen molar-refractivity contribution in [2.24, 2.45) is 7.05 Å². The van der Waals surface area contributed by atoms with Gasteiger partial charge in [0, 0.05) is 37.8 Å². The fraction of sp³-hybridized carbons (Fsp3) is 0.217. The highest BCUT2D eigenvalue weighted by Gasteiger charge is 2.21. The maximum Gasteiger partial charge on any atom is 0.226 e. The van der Waals surface area contributed by atoms with Gasteiger partial charge in [-0.1, -0.05) is 47.6 Å². The van der Waals surface area contributed by atoms with Gasteiger partial charge in [-0.3, -0.25) is 4.79 Å². The third kappa shape index (κ3) is 5.03. The highest BCUT2D eigenvalue weighted by molar-refractivity contribution is 5.76. The lowest BCUT2D eigenvalue weighted by atomic mass is 10.1. The van der Waals surface area contributed by atoms with Crippen LogP contribution in [0, 0.1) is 5.82 Å².